The highest BCUT2D eigenvalue weighted by molar-refractivity contribution is 5.94. The van der Waals surface area contributed by atoms with Crippen molar-refractivity contribution < 1.29 is 9.18 Å². The second-order valence-corrected chi connectivity index (χ2v) is 7.14. The summed E-state index contributed by atoms with van der Waals surface area (Å²) in [5.74, 6) is 2.15. The average molecular weight is 314 g/mol. The normalized spacial score (nSPS) is 30.1. The Balaban J connectivity index is 1.29. The fourth-order valence-electron chi connectivity index (χ4n) is 4.34. The summed E-state index contributed by atoms with van der Waals surface area (Å²) < 4.78 is 13.0. The molecule has 1 aromatic rings. The molecule has 3 aliphatic rings. The number of rotatable bonds is 3. The van der Waals surface area contributed by atoms with Gasteiger partial charge in [0.15, 0.2) is 0 Å². The zero-order valence-electron chi connectivity index (χ0n) is 13.3. The van der Waals surface area contributed by atoms with Crippen molar-refractivity contribution in [2.24, 2.45) is 17.8 Å². The van der Waals surface area contributed by atoms with Gasteiger partial charge >= 0.3 is 0 Å². The van der Waals surface area contributed by atoms with Gasteiger partial charge in [-0.2, -0.15) is 0 Å². The lowest BCUT2D eigenvalue weighted by Crippen LogP contribution is -2.50. The Kier molecular flexibility index (Phi) is 3.93. The van der Waals surface area contributed by atoms with E-state index >= 15 is 0 Å². The van der Waals surface area contributed by atoms with Crippen LogP contribution in [0.5, 0.6) is 0 Å². The van der Waals surface area contributed by atoms with Crippen LogP contribution >= 0.6 is 0 Å². The van der Waals surface area contributed by atoms with Gasteiger partial charge in [0.05, 0.1) is 0 Å². The van der Waals surface area contributed by atoms with Crippen molar-refractivity contribution in [2.75, 3.05) is 32.7 Å². The summed E-state index contributed by atoms with van der Waals surface area (Å²) in [4.78, 5) is 16.8. The van der Waals surface area contributed by atoms with Crippen LogP contribution in [0.25, 0.3) is 0 Å². The highest BCUT2D eigenvalue weighted by Crippen LogP contribution is 2.43. The first-order valence-electron chi connectivity index (χ1n) is 8.64. The van der Waals surface area contributed by atoms with E-state index < -0.39 is 0 Å². The molecule has 2 bridgehead atoms. The minimum Gasteiger partial charge on any atom is -0.336 e. The van der Waals surface area contributed by atoms with Gasteiger partial charge in [-0.05, 0) is 54.9 Å². The molecule has 2 fully saturated rings. The van der Waals surface area contributed by atoms with Gasteiger partial charge in [-0.3, -0.25) is 9.69 Å². The van der Waals surface area contributed by atoms with E-state index in [0.717, 1.165) is 43.9 Å². The van der Waals surface area contributed by atoms with E-state index in [9.17, 15) is 9.18 Å². The number of benzene rings is 1. The van der Waals surface area contributed by atoms with Gasteiger partial charge in [-0.15, -0.1) is 0 Å². The van der Waals surface area contributed by atoms with E-state index in [4.69, 9.17) is 0 Å². The first-order chi connectivity index (χ1) is 11.2. The number of hydrogen-bond acceptors (Lipinski definition) is 2. The van der Waals surface area contributed by atoms with Gasteiger partial charge in [0.1, 0.15) is 5.82 Å². The number of amides is 1. The van der Waals surface area contributed by atoms with Crippen molar-refractivity contribution in [1.29, 1.82) is 0 Å². The molecule has 3 nitrogen and oxygen atoms in total. The summed E-state index contributed by atoms with van der Waals surface area (Å²) in [5, 5.41) is 0. The molecular formula is C19H23FN2O. The molecule has 0 aromatic heterocycles. The van der Waals surface area contributed by atoms with E-state index in [1.54, 1.807) is 12.1 Å². The molecule has 0 unspecified atom stereocenters. The number of halogens is 1. The first-order valence-corrected chi connectivity index (χ1v) is 8.64. The largest absolute Gasteiger partial charge is 0.336 e. The fraction of sp³-hybridized carbons (Fsp3) is 0.526. The molecule has 23 heavy (non-hydrogen) atoms. The Hall–Kier alpha value is -1.68. The van der Waals surface area contributed by atoms with Crippen LogP contribution in [0, 0.1) is 23.6 Å². The van der Waals surface area contributed by atoms with Crippen LogP contribution in [0.4, 0.5) is 4.39 Å². The molecule has 122 valence electrons. The molecule has 0 radical (unpaired) electrons. The molecule has 3 atom stereocenters. The number of piperazine rings is 1. The van der Waals surface area contributed by atoms with Crippen LogP contribution < -0.4 is 0 Å². The predicted octanol–water partition coefficient (Wildman–Crippen LogP) is 2.80. The molecule has 4 heteroatoms. The molecule has 4 rings (SSSR count). The summed E-state index contributed by atoms with van der Waals surface area (Å²) in [6, 6.07) is 5.86. The third-order valence-corrected chi connectivity index (χ3v) is 5.66. The molecule has 0 spiro atoms. The molecule has 2 aliphatic carbocycles. The summed E-state index contributed by atoms with van der Waals surface area (Å²) in [6.07, 6.45) is 7.50. The number of fused-ring (bicyclic) bond motifs is 2. The van der Waals surface area contributed by atoms with Gasteiger partial charge in [0.2, 0.25) is 0 Å². The smallest absolute Gasteiger partial charge is 0.253 e. The van der Waals surface area contributed by atoms with Crippen LogP contribution in [0.15, 0.2) is 36.4 Å². The number of hydrogen-bond donors (Lipinski definition) is 0. The van der Waals surface area contributed by atoms with Crippen molar-refractivity contribution in [1.82, 2.24) is 9.80 Å². The van der Waals surface area contributed by atoms with E-state index in [2.05, 4.69) is 17.1 Å². The average Bonchev–Trinajstić information content (AvgIpc) is 3.18. The van der Waals surface area contributed by atoms with E-state index in [-0.39, 0.29) is 11.7 Å². The second kappa shape index (κ2) is 6.08. The Morgan fingerprint density at radius 3 is 2.39 bits per heavy atom. The number of nitrogens with zero attached hydrogens (tertiary/aromatic N) is 2. The molecule has 0 N–H and O–H groups in total. The van der Waals surface area contributed by atoms with Gasteiger partial charge in [-0.1, -0.05) is 12.2 Å². The Labute approximate surface area is 136 Å². The van der Waals surface area contributed by atoms with Crippen molar-refractivity contribution in [3.63, 3.8) is 0 Å². The van der Waals surface area contributed by atoms with Crippen molar-refractivity contribution in [3.05, 3.63) is 47.8 Å². The predicted molar refractivity (Wildman–Crippen MR) is 87.6 cm³/mol. The third-order valence-electron chi connectivity index (χ3n) is 5.66. The van der Waals surface area contributed by atoms with E-state index in [1.807, 2.05) is 4.90 Å². The highest BCUT2D eigenvalue weighted by atomic mass is 19.1. The van der Waals surface area contributed by atoms with Crippen LogP contribution in [0.1, 0.15) is 23.2 Å². The lowest BCUT2D eigenvalue weighted by Gasteiger charge is -2.37. The van der Waals surface area contributed by atoms with Crippen LogP contribution in [-0.4, -0.2) is 48.4 Å². The van der Waals surface area contributed by atoms with Crippen LogP contribution in [-0.2, 0) is 0 Å². The SMILES string of the molecule is O=C(c1ccc(F)cc1)N1CCN(C[C@H]2C[C@@H]3C=C[C@@H]2C3)CC1. The van der Waals surface area contributed by atoms with Crippen LogP contribution in [0.3, 0.4) is 0 Å². The monoisotopic (exact) mass is 314 g/mol. The molecule has 1 amide bonds. The summed E-state index contributed by atoms with van der Waals surface area (Å²) >= 11 is 0. The molecule has 1 aromatic carbocycles. The van der Waals surface area contributed by atoms with Crippen molar-refractivity contribution >= 4 is 5.91 Å². The Morgan fingerprint density at radius 1 is 1.04 bits per heavy atom. The Morgan fingerprint density at radius 2 is 1.78 bits per heavy atom. The first kappa shape index (κ1) is 14.9. The third kappa shape index (κ3) is 3.05. The van der Waals surface area contributed by atoms with E-state index in [1.165, 1.54) is 31.5 Å². The number of carbonyl (C=O) groups excluding carboxylic acids is 1. The quantitative estimate of drug-likeness (QED) is 0.801. The summed E-state index contributed by atoms with van der Waals surface area (Å²) in [7, 11) is 0. The van der Waals surface area contributed by atoms with Gasteiger partial charge < -0.3 is 4.90 Å². The van der Waals surface area contributed by atoms with Gasteiger partial charge in [0, 0.05) is 38.3 Å². The standard InChI is InChI=1S/C19H23FN2O/c20-18-5-3-15(4-6-18)19(23)22-9-7-21(8-10-22)13-17-12-14-1-2-16(17)11-14/h1-6,14,16-17H,7-13H2/t14-,16-,17-/m1/s1. The lowest BCUT2D eigenvalue weighted by atomic mass is 9.93. The molecule has 1 aliphatic heterocycles. The fourth-order valence-corrected chi connectivity index (χ4v) is 4.34. The Bertz CT molecular complexity index is 604. The zero-order valence-corrected chi connectivity index (χ0v) is 13.3. The number of carbonyl (C=O) groups is 1. The highest BCUT2D eigenvalue weighted by Gasteiger charge is 2.36. The van der Waals surface area contributed by atoms with Crippen molar-refractivity contribution in [2.45, 2.75) is 12.8 Å². The second-order valence-electron chi connectivity index (χ2n) is 7.14. The lowest BCUT2D eigenvalue weighted by molar-refractivity contribution is 0.0610. The zero-order chi connectivity index (χ0) is 15.8. The molecule has 1 saturated carbocycles. The van der Waals surface area contributed by atoms with E-state index in [0.29, 0.717) is 5.56 Å². The summed E-state index contributed by atoms with van der Waals surface area (Å²) in [6.45, 7) is 4.61. The maximum Gasteiger partial charge on any atom is 0.253 e. The molecule has 1 heterocycles. The topological polar surface area (TPSA) is 23.6 Å². The maximum atomic E-state index is 13.0. The number of allylic oxidation sites excluding steroid dienone is 2. The minimum atomic E-state index is -0.300. The van der Waals surface area contributed by atoms with Gasteiger partial charge in [-0.25, -0.2) is 4.39 Å². The van der Waals surface area contributed by atoms with Crippen LogP contribution in [0.2, 0.25) is 0 Å². The van der Waals surface area contributed by atoms with Gasteiger partial charge in [0.25, 0.3) is 5.91 Å². The van der Waals surface area contributed by atoms with Crippen molar-refractivity contribution in [3.8, 4) is 0 Å². The molecular weight excluding hydrogens is 291 g/mol. The minimum absolute atomic E-state index is 0.0208. The molecule has 1 saturated heterocycles. The summed E-state index contributed by atoms with van der Waals surface area (Å²) in [5.41, 5.74) is 0.582. The maximum absolute atomic E-state index is 13.0.